The summed E-state index contributed by atoms with van der Waals surface area (Å²) in [7, 11) is 4.33. The van der Waals surface area contributed by atoms with Crippen LogP contribution in [0.2, 0.25) is 0 Å². The number of fused-ring (bicyclic) bond motifs is 1. The zero-order valence-electron chi connectivity index (χ0n) is 20.4. The molecule has 3 N–H and O–H groups in total. The van der Waals surface area contributed by atoms with Gasteiger partial charge in [0.15, 0.2) is 0 Å². The van der Waals surface area contributed by atoms with Gasteiger partial charge < -0.3 is 25.4 Å². The van der Waals surface area contributed by atoms with Crippen LogP contribution in [0.3, 0.4) is 0 Å². The summed E-state index contributed by atoms with van der Waals surface area (Å²) in [6, 6.07) is 16.5. The Bertz CT molecular complexity index is 1370. The van der Waals surface area contributed by atoms with Crippen molar-refractivity contribution in [3.8, 4) is 5.82 Å². The molecule has 0 radical (unpaired) electrons. The molecule has 5 rings (SSSR count). The van der Waals surface area contributed by atoms with Crippen molar-refractivity contribution < 1.29 is 4.79 Å². The number of nitrogens with two attached hydrogens (primary N) is 1. The number of carbonyl (C=O) groups is 1. The van der Waals surface area contributed by atoms with Crippen molar-refractivity contribution in [3.63, 3.8) is 0 Å². The number of aromatic nitrogens is 3. The minimum atomic E-state index is -0.464. The second-order valence-electron chi connectivity index (χ2n) is 9.34. The molecular formula is C27H31N7O. The molecule has 2 aromatic carbocycles. The number of benzene rings is 2. The van der Waals surface area contributed by atoms with Gasteiger partial charge in [0.05, 0.1) is 11.1 Å². The van der Waals surface area contributed by atoms with E-state index in [0.717, 1.165) is 29.7 Å². The van der Waals surface area contributed by atoms with Crippen molar-refractivity contribution >= 4 is 34.1 Å². The van der Waals surface area contributed by atoms with Crippen LogP contribution in [-0.4, -0.2) is 58.6 Å². The van der Waals surface area contributed by atoms with E-state index in [4.69, 9.17) is 10.7 Å². The molecule has 8 heteroatoms. The van der Waals surface area contributed by atoms with Crippen LogP contribution in [0.15, 0.2) is 60.9 Å². The van der Waals surface area contributed by atoms with Gasteiger partial charge in [0, 0.05) is 48.3 Å². The Balaban J connectivity index is 1.37. The Hall–Kier alpha value is -3.91. The van der Waals surface area contributed by atoms with E-state index in [0.29, 0.717) is 23.4 Å². The largest absolute Gasteiger partial charge is 0.371 e. The topological polar surface area (TPSA) is 92.3 Å². The van der Waals surface area contributed by atoms with E-state index in [1.807, 2.05) is 34.9 Å². The first-order valence-corrected chi connectivity index (χ1v) is 11.9. The van der Waals surface area contributed by atoms with Gasteiger partial charge in [0.1, 0.15) is 5.82 Å². The van der Waals surface area contributed by atoms with Crippen molar-refractivity contribution in [1.82, 2.24) is 19.4 Å². The predicted octanol–water partition coefficient (Wildman–Crippen LogP) is 4.10. The third-order valence-electron chi connectivity index (χ3n) is 6.85. The second kappa shape index (κ2) is 9.38. The molecule has 0 atom stereocenters. The van der Waals surface area contributed by atoms with E-state index < -0.39 is 5.91 Å². The lowest BCUT2D eigenvalue weighted by Gasteiger charge is -2.37. The highest BCUT2D eigenvalue weighted by atomic mass is 16.1. The molecule has 1 saturated heterocycles. The van der Waals surface area contributed by atoms with Crippen LogP contribution in [0, 0.1) is 6.92 Å². The number of carbonyl (C=O) groups excluding carboxylic acids is 1. The number of anilines is 3. The van der Waals surface area contributed by atoms with Crippen LogP contribution in [0.4, 0.5) is 17.3 Å². The van der Waals surface area contributed by atoms with Crippen molar-refractivity contribution in [2.45, 2.75) is 25.8 Å². The lowest BCUT2D eigenvalue weighted by molar-refractivity contribution is 0.100. The van der Waals surface area contributed by atoms with Crippen LogP contribution >= 0.6 is 0 Å². The van der Waals surface area contributed by atoms with Gasteiger partial charge in [-0.05, 0) is 69.8 Å². The number of nitrogens with zero attached hydrogens (tertiary/aromatic N) is 5. The number of para-hydroxylation sites is 1. The fourth-order valence-corrected chi connectivity index (χ4v) is 4.95. The van der Waals surface area contributed by atoms with E-state index in [9.17, 15) is 4.79 Å². The molecule has 35 heavy (non-hydrogen) atoms. The van der Waals surface area contributed by atoms with E-state index in [-0.39, 0.29) is 0 Å². The number of primary amides is 1. The first kappa shape index (κ1) is 22.9. The molecule has 8 nitrogen and oxygen atoms in total. The molecule has 4 aromatic rings. The summed E-state index contributed by atoms with van der Waals surface area (Å²) in [5.74, 6) is 0.678. The zero-order chi connectivity index (χ0) is 24.5. The minimum absolute atomic E-state index is 0.464. The van der Waals surface area contributed by atoms with E-state index in [2.05, 4.69) is 59.3 Å². The smallest absolute Gasteiger partial charge is 0.250 e. The molecule has 180 valence electrons. The van der Waals surface area contributed by atoms with Crippen molar-refractivity contribution in [2.24, 2.45) is 5.73 Å². The molecule has 2 aromatic heterocycles. The maximum atomic E-state index is 11.9. The molecule has 0 aliphatic carbocycles. The lowest BCUT2D eigenvalue weighted by Crippen LogP contribution is -2.42. The van der Waals surface area contributed by atoms with E-state index >= 15 is 0 Å². The number of aryl methyl sites for hydroxylation is 1. The number of nitrogens with one attached hydrogen (secondary N) is 1. The van der Waals surface area contributed by atoms with Gasteiger partial charge in [-0.1, -0.05) is 18.2 Å². The Morgan fingerprint density at radius 1 is 1.11 bits per heavy atom. The maximum Gasteiger partial charge on any atom is 0.250 e. The molecule has 1 aliphatic heterocycles. The molecule has 0 bridgehead atoms. The van der Waals surface area contributed by atoms with Gasteiger partial charge >= 0.3 is 0 Å². The van der Waals surface area contributed by atoms with Gasteiger partial charge in [-0.2, -0.15) is 4.98 Å². The van der Waals surface area contributed by atoms with Gasteiger partial charge in [0.2, 0.25) is 5.95 Å². The van der Waals surface area contributed by atoms with Crippen LogP contribution in [0.5, 0.6) is 0 Å². The average molecular weight is 470 g/mol. The number of hydrogen-bond donors (Lipinski definition) is 2. The van der Waals surface area contributed by atoms with Crippen LogP contribution < -0.4 is 16.0 Å². The molecule has 3 heterocycles. The molecular weight excluding hydrogens is 438 g/mol. The molecule has 0 spiro atoms. The van der Waals surface area contributed by atoms with Crippen molar-refractivity contribution in [1.29, 1.82) is 0 Å². The summed E-state index contributed by atoms with van der Waals surface area (Å²) in [6.45, 7) is 4.28. The average Bonchev–Trinajstić information content (AvgIpc) is 3.25. The number of rotatable bonds is 6. The molecule has 0 saturated carbocycles. The van der Waals surface area contributed by atoms with Crippen LogP contribution in [-0.2, 0) is 0 Å². The summed E-state index contributed by atoms with van der Waals surface area (Å²) in [5, 5.41) is 4.13. The van der Waals surface area contributed by atoms with Crippen molar-refractivity contribution in [3.05, 3.63) is 72.1 Å². The zero-order valence-corrected chi connectivity index (χ0v) is 20.4. The minimum Gasteiger partial charge on any atom is -0.371 e. The maximum absolute atomic E-state index is 11.9. The van der Waals surface area contributed by atoms with Crippen LogP contribution in [0.1, 0.15) is 28.8 Å². The monoisotopic (exact) mass is 469 g/mol. The summed E-state index contributed by atoms with van der Waals surface area (Å²) >= 11 is 0. The quantitative estimate of drug-likeness (QED) is 0.442. The van der Waals surface area contributed by atoms with Gasteiger partial charge in [-0.25, -0.2) is 4.98 Å². The molecule has 1 aliphatic rings. The van der Waals surface area contributed by atoms with E-state index in [1.54, 1.807) is 12.4 Å². The number of piperidine rings is 1. The Morgan fingerprint density at radius 3 is 2.60 bits per heavy atom. The summed E-state index contributed by atoms with van der Waals surface area (Å²) in [6.07, 6.45) is 5.80. The molecule has 1 amide bonds. The van der Waals surface area contributed by atoms with Gasteiger partial charge in [-0.15, -0.1) is 0 Å². The number of hydrogen-bond acceptors (Lipinski definition) is 6. The SMILES string of the molecule is Cc1cc(Nc2nccc(-n3cc(C(N)=O)c4ccccc43)n2)ccc1N1CCC(N(C)C)CC1. The normalized spacial score (nSPS) is 14.6. The molecule has 0 unspecified atom stereocenters. The number of amides is 1. The highest BCUT2D eigenvalue weighted by Crippen LogP contribution is 2.29. The van der Waals surface area contributed by atoms with Gasteiger partial charge in [0.25, 0.3) is 5.91 Å². The Kier molecular flexibility index (Phi) is 6.13. The summed E-state index contributed by atoms with van der Waals surface area (Å²) in [5.41, 5.74) is 10.4. The summed E-state index contributed by atoms with van der Waals surface area (Å²) < 4.78 is 1.87. The third kappa shape index (κ3) is 4.57. The Labute approximate surface area is 205 Å². The van der Waals surface area contributed by atoms with Crippen molar-refractivity contribution in [2.75, 3.05) is 37.4 Å². The van der Waals surface area contributed by atoms with Gasteiger partial charge in [-0.3, -0.25) is 4.79 Å². The fourth-order valence-electron chi connectivity index (χ4n) is 4.95. The first-order chi connectivity index (χ1) is 16.9. The molecule has 1 fully saturated rings. The highest BCUT2D eigenvalue weighted by Gasteiger charge is 2.21. The summed E-state index contributed by atoms with van der Waals surface area (Å²) in [4.78, 5) is 25.9. The first-order valence-electron chi connectivity index (χ1n) is 11.9. The Morgan fingerprint density at radius 2 is 1.89 bits per heavy atom. The fraction of sp³-hybridized carbons (Fsp3) is 0.296. The highest BCUT2D eigenvalue weighted by molar-refractivity contribution is 6.06. The second-order valence-corrected chi connectivity index (χ2v) is 9.34. The lowest BCUT2D eigenvalue weighted by atomic mass is 10.0. The predicted molar refractivity (Wildman–Crippen MR) is 141 cm³/mol. The van der Waals surface area contributed by atoms with E-state index in [1.165, 1.54) is 24.1 Å². The third-order valence-corrected chi connectivity index (χ3v) is 6.85. The van der Waals surface area contributed by atoms with Crippen LogP contribution in [0.25, 0.3) is 16.7 Å². The standard InChI is InChI=1S/C27H31N7O/c1-18-16-19(8-9-23(18)33-14-11-20(12-15-33)32(2)3)30-27-29-13-10-25(31-27)34-17-22(26(28)35)21-6-4-5-7-24(21)34/h4-10,13,16-17,20H,11-12,14-15H2,1-3H3,(H2,28,35)(H,29,30,31).